The molecule has 1 amide bonds. The SMILES string of the molecule is CC(C)(C)[C@@H](N)C(=O)Nc1ccc(Cl)cn1. The van der Waals surface area contributed by atoms with Crippen molar-refractivity contribution < 1.29 is 4.79 Å². The maximum absolute atomic E-state index is 11.7. The second kappa shape index (κ2) is 4.80. The first-order valence-corrected chi connectivity index (χ1v) is 5.36. The first kappa shape index (κ1) is 12.9. The zero-order valence-corrected chi connectivity index (χ0v) is 10.4. The number of nitrogens with zero attached hydrogens (tertiary/aromatic N) is 1. The largest absolute Gasteiger partial charge is 0.319 e. The topological polar surface area (TPSA) is 68.0 Å². The van der Waals surface area contributed by atoms with E-state index >= 15 is 0 Å². The Morgan fingerprint density at radius 1 is 1.50 bits per heavy atom. The summed E-state index contributed by atoms with van der Waals surface area (Å²) in [5, 5.41) is 3.17. The van der Waals surface area contributed by atoms with E-state index in [1.54, 1.807) is 12.1 Å². The van der Waals surface area contributed by atoms with Gasteiger partial charge in [-0.1, -0.05) is 32.4 Å². The summed E-state index contributed by atoms with van der Waals surface area (Å²) in [5.74, 6) is 0.205. The van der Waals surface area contributed by atoms with Crippen molar-refractivity contribution >= 4 is 23.3 Å². The zero-order valence-electron chi connectivity index (χ0n) is 9.62. The molecule has 3 N–H and O–H groups in total. The summed E-state index contributed by atoms with van der Waals surface area (Å²) in [6.07, 6.45) is 1.47. The average molecular weight is 242 g/mol. The monoisotopic (exact) mass is 241 g/mol. The van der Waals surface area contributed by atoms with Crippen LogP contribution in [0, 0.1) is 5.41 Å². The second-order valence-corrected chi connectivity index (χ2v) is 5.13. The summed E-state index contributed by atoms with van der Waals surface area (Å²) in [5.41, 5.74) is 5.52. The van der Waals surface area contributed by atoms with E-state index in [0.29, 0.717) is 10.8 Å². The number of carbonyl (C=O) groups excluding carboxylic acids is 1. The van der Waals surface area contributed by atoms with Crippen LogP contribution in [0.2, 0.25) is 5.02 Å². The van der Waals surface area contributed by atoms with Gasteiger partial charge in [0.25, 0.3) is 0 Å². The standard InChI is InChI=1S/C11H16ClN3O/c1-11(2,3)9(13)10(16)15-8-5-4-7(12)6-14-8/h4-6,9H,13H2,1-3H3,(H,14,15,16)/t9-/m0/s1. The van der Waals surface area contributed by atoms with Crippen molar-refractivity contribution in [3.63, 3.8) is 0 Å². The van der Waals surface area contributed by atoms with Gasteiger partial charge in [-0.3, -0.25) is 4.79 Å². The van der Waals surface area contributed by atoms with Crippen molar-refractivity contribution in [3.05, 3.63) is 23.4 Å². The van der Waals surface area contributed by atoms with Crippen LogP contribution in [0.4, 0.5) is 5.82 Å². The molecule has 1 rings (SSSR count). The number of halogens is 1. The predicted octanol–water partition coefficient (Wildman–Crippen LogP) is 2.05. The van der Waals surface area contributed by atoms with Crippen molar-refractivity contribution in [2.75, 3.05) is 5.32 Å². The van der Waals surface area contributed by atoms with Gasteiger partial charge >= 0.3 is 0 Å². The summed E-state index contributed by atoms with van der Waals surface area (Å²) >= 11 is 5.68. The van der Waals surface area contributed by atoms with E-state index in [2.05, 4.69) is 10.3 Å². The van der Waals surface area contributed by atoms with Crippen LogP contribution in [0.3, 0.4) is 0 Å². The van der Waals surface area contributed by atoms with Gasteiger partial charge in [-0.25, -0.2) is 4.98 Å². The molecule has 0 aliphatic heterocycles. The van der Waals surface area contributed by atoms with E-state index < -0.39 is 6.04 Å². The summed E-state index contributed by atoms with van der Waals surface area (Å²) in [6, 6.07) is 2.72. The number of hydrogen-bond donors (Lipinski definition) is 2. The molecule has 0 fully saturated rings. The molecule has 0 aliphatic carbocycles. The number of aromatic nitrogens is 1. The third-order valence-corrected chi connectivity index (χ3v) is 2.42. The number of rotatable bonds is 2. The fourth-order valence-corrected chi connectivity index (χ4v) is 1.16. The highest BCUT2D eigenvalue weighted by atomic mass is 35.5. The molecule has 0 aromatic carbocycles. The van der Waals surface area contributed by atoms with Gasteiger partial charge in [0, 0.05) is 6.20 Å². The van der Waals surface area contributed by atoms with Gasteiger partial charge in [-0.2, -0.15) is 0 Å². The van der Waals surface area contributed by atoms with Gasteiger partial charge in [-0.05, 0) is 17.5 Å². The Morgan fingerprint density at radius 3 is 2.56 bits per heavy atom. The van der Waals surface area contributed by atoms with Crippen LogP contribution >= 0.6 is 11.6 Å². The van der Waals surface area contributed by atoms with Crippen LogP contribution in [-0.2, 0) is 4.79 Å². The van der Waals surface area contributed by atoms with E-state index in [-0.39, 0.29) is 11.3 Å². The van der Waals surface area contributed by atoms with Crippen molar-refractivity contribution in [1.82, 2.24) is 4.98 Å². The van der Waals surface area contributed by atoms with Crippen LogP contribution in [-0.4, -0.2) is 16.9 Å². The summed E-state index contributed by atoms with van der Waals surface area (Å²) in [4.78, 5) is 15.7. The molecule has 0 aliphatic rings. The highest BCUT2D eigenvalue weighted by Crippen LogP contribution is 2.18. The highest BCUT2D eigenvalue weighted by molar-refractivity contribution is 6.30. The Morgan fingerprint density at radius 2 is 2.12 bits per heavy atom. The molecule has 4 nitrogen and oxygen atoms in total. The van der Waals surface area contributed by atoms with E-state index in [4.69, 9.17) is 17.3 Å². The van der Waals surface area contributed by atoms with Gasteiger partial charge in [-0.15, -0.1) is 0 Å². The minimum atomic E-state index is -0.579. The van der Waals surface area contributed by atoms with Crippen LogP contribution in [0.5, 0.6) is 0 Å². The summed E-state index contributed by atoms with van der Waals surface area (Å²) in [7, 11) is 0. The smallest absolute Gasteiger partial charge is 0.242 e. The second-order valence-electron chi connectivity index (χ2n) is 4.69. The summed E-state index contributed by atoms with van der Waals surface area (Å²) in [6.45, 7) is 5.73. The van der Waals surface area contributed by atoms with Gasteiger partial charge in [0.15, 0.2) is 0 Å². The van der Waals surface area contributed by atoms with E-state index in [0.717, 1.165) is 0 Å². The molecule has 0 unspecified atom stereocenters. The van der Waals surface area contributed by atoms with Gasteiger partial charge in [0.05, 0.1) is 11.1 Å². The van der Waals surface area contributed by atoms with E-state index in [1.165, 1.54) is 6.20 Å². The maximum Gasteiger partial charge on any atom is 0.242 e. The lowest BCUT2D eigenvalue weighted by Gasteiger charge is -2.25. The number of anilines is 1. The number of carbonyl (C=O) groups is 1. The lowest BCUT2D eigenvalue weighted by Crippen LogP contribution is -2.45. The number of pyridine rings is 1. The molecular formula is C11H16ClN3O. The quantitative estimate of drug-likeness (QED) is 0.833. The maximum atomic E-state index is 11.7. The number of amides is 1. The lowest BCUT2D eigenvalue weighted by molar-refractivity contribution is -0.119. The highest BCUT2D eigenvalue weighted by Gasteiger charge is 2.27. The Balaban J connectivity index is 2.68. The molecule has 16 heavy (non-hydrogen) atoms. The predicted molar refractivity (Wildman–Crippen MR) is 65.3 cm³/mol. The Labute approximate surface area is 100 Å². The zero-order chi connectivity index (χ0) is 12.3. The fraction of sp³-hybridized carbons (Fsp3) is 0.455. The number of nitrogens with one attached hydrogen (secondary N) is 1. The molecule has 1 heterocycles. The van der Waals surface area contributed by atoms with E-state index in [1.807, 2.05) is 20.8 Å². The van der Waals surface area contributed by atoms with Crippen LogP contribution in [0.25, 0.3) is 0 Å². The van der Waals surface area contributed by atoms with E-state index in [9.17, 15) is 4.79 Å². The van der Waals surface area contributed by atoms with Crippen LogP contribution in [0.15, 0.2) is 18.3 Å². The molecule has 1 atom stereocenters. The first-order valence-electron chi connectivity index (χ1n) is 4.98. The van der Waals surface area contributed by atoms with Crippen molar-refractivity contribution in [2.45, 2.75) is 26.8 Å². The minimum Gasteiger partial charge on any atom is -0.319 e. The van der Waals surface area contributed by atoms with Crippen molar-refractivity contribution in [1.29, 1.82) is 0 Å². The van der Waals surface area contributed by atoms with Crippen LogP contribution in [0.1, 0.15) is 20.8 Å². The molecule has 1 aromatic rings. The van der Waals surface area contributed by atoms with Crippen molar-refractivity contribution in [3.8, 4) is 0 Å². The Hall–Kier alpha value is -1.13. The normalized spacial score (nSPS) is 13.3. The first-order chi connectivity index (χ1) is 7.30. The molecule has 0 radical (unpaired) electrons. The molecule has 0 saturated carbocycles. The minimum absolute atomic E-state index is 0.248. The van der Waals surface area contributed by atoms with Gasteiger partial charge < -0.3 is 11.1 Å². The summed E-state index contributed by atoms with van der Waals surface area (Å²) < 4.78 is 0. The third-order valence-electron chi connectivity index (χ3n) is 2.19. The van der Waals surface area contributed by atoms with Gasteiger partial charge in [0.1, 0.15) is 5.82 Å². The average Bonchev–Trinajstić information content (AvgIpc) is 2.19. The number of nitrogens with two attached hydrogens (primary N) is 1. The molecule has 88 valence electrons. The lowest BCUT2D eigenvalue weighted by atomic mass is 9.87. The molecule has 0 spiro atoms. The fourth-order valence-electron chi connectivity index (χ4n) is 1.05. The number of hydrogen-bond acceptors (Lipinski definition) is 3. The Kier molecular flexibility index (Phi) is 3.88. The molecule has 1 aromatic heterocycles. The molecule has 0 saturated heterocycles. The Bertz CT molecular complexity index is 370. The van der Waals surface area contributed by atoms with Gasteiger partial charge in [0.2, 0.25) is 5.91 Å². The molecular weight excluding hydrogens is 226 g/mol. The van der Waals surface area contributed by atoms with Crippen LogP contribution < -0.4 is 11.1 Å². The van der Waals surface area contributed by atoms with Crippen molar-refractivity contribution in [2.24, 2.45) is 11.1 Å². The molecule has 0 bridgehead atoms. The third kappa shape index (κ3) is 3.47. The molecule has 5 heteroatoms.